The molecule has 1 N–H and O–H groups in total. The van der Waals surface area contributed by atoms with Crippen molar-refractivity contribution in [3.8, 4) is 0 Å². The molecule has 1 aromatic carbocycles. The van der Waals surface area contributed by atoms with Crippen LogP contribution in [0.4, 0.5) is 0 Å². The first-order valence-corrected chi connectivity index (χ1v) is 6.60. The summed E-state index contributed by atoms with van der Waals surface area (Å²) in [6.45, 7) is 6.72. The third-order valence-corrected chi connectivity index (χ3v) is 3.80. The molecule has 16 heavy (non-hydrogen) atoms. The highest BCUT2D eigenvalue weighted by molar-refractivity contribution is 5.37. The van der Waals surface area contributed by atoms with Crippen molar-refractivity contribution < 1.29 is 0 Å². The normalized spacial score (nSPS) is 19.1. The molecule has 0 fully saturated rings. The summed E-state index contributed by atoms with van der Waals surface area (Å²) in [5.74, 6) is 0. The first-order valence-electron chi connectivity index (χ1n) is 6.60. The summed E-state index contributed by atoms with van der Waals surface area (Å²) in [6, 6.07) is 8.19. The second-order valence-electron chi connectivity index (χ2n) is 4.97. The van der Waals surface area contributed by atoms with Gasteiger partial charge in [0, 0.05) is 12.1 Å². The van der Waals surface area contributed by atoms with Gasteiger partial charge in [-0.25, -0.2) is 0 Å². The number of aryl methyl sites for hydroxylation is 2. The molecule has 0 amide bonds. The molecule has 0 spiro atoms. The number of hydrogen-bond donors (Lipinski definition) is 1. The van der Waals surface area contributed by atoms with Crippen molar-refractivity contribution in [1.29, 1.82) is 0 Å². The highest BCUT2D eigenvalue weighted by Gasteiger charge is 2.23. The highest BCUT2D eigenvalue weighted by atomic mass is 15.0. The van der Waals surface area contributed by atoms with Crippen LogP contribution in [0.1, 0.15) is 55.8 Å². The highest BCUT2D eigenvalue weighted by Crippen LogP contribution is 2.32. The van der Waals surface area contributed by atoms with E-state index < -0.39 is 0 Å². The van der Waals surface area contributed by atoms with E-state index in [9.17, 15) is 0 Å². The Morgan fingerprint density at radius 1 is 1.31 bits per heavy atom. The van der Waals surface area contributed by atoms with E-state index in [0.717, 1.165) is 0 Å². The lowest BCUT2D eigenvalue weighted by Crippen LogP contribution is -2.30. The van der Waals surface area contributed by atoms with E-state index in [0.29, 0.717) is 12.1 Å². The number of benzene rings is 1. The molecule has 0 aliphatic heterocycles. The van der Waals surface area contributed by atoms with Gasteiger partial charge in [0.25, 0.3) is 0 Å². The van der Waals surface area contributed by atoms with Gasteiger partial charge in [-0.05, 0) is 43.7 Å². The molecule has 0 saturated heterocycles. The van der Waals surface area contributed by atoms with Gasteiger partial charge in [-0.1, -0.05) is 37.6 Å². The van der Waals surface area contributed by atoms with E-state index in [4.69, 9.17) is 0 Å². The van der Waals surface area contributed by atoms with Gasteiger partial charge in [0.1, 0.15) is 0 Å². The first-order chi connectivity index (χ1) is 7.74. The van der Waals surface area contributed by atoms with Gasteiger partial charge < -0.3 is 5.32 Å². The van der Waals surface area contributed by atoms with Crippen LogP contribution in [0.15, 0.2) is 18.2 Å². The molecule has 1 unspecified atom stereocenters. The monoisotopic (exact) mass is 217 g/mol. The topological polar surface area (TPSA) is 12.0 Å². The molecule has 0 bridgehead atoms. The number of fused-ring (bicyclic) bond motifs is 1. The second kappa shape index (κ2) is 5.01. The molecule has 88 valence electrons. The van der Waals surface area contributed by atoms with Crippen LogP contribution < -0.4 is 5.32 Å². The molecule has 1 heteroatoms. The molecule has 1 aliphatic rings. The van der Waals surface area contributed by atoms with Crippen LogP contribution in [0.5, 0.6) is 0 Å². The molecule has 0 aromatic heterocycles. The molecule has 1 aliphatic carbocycles. The van der Waals surface area contributed by atoms with Crippen molar-refractivity contribution in [3.05, 3.63) is 34.9 Å². The van der Waals surface area contributed by atoms with Gasteiger partial charge in [-0.15, -0.1) is 0 Å². The summed E-state index contributed by atoms with van der Waals surface area (Å²) in [7, 11) is 0. The maximum atomic E-state index is 3.79. The molecular formula is C15H23N. The lowest BCUT2D eigenvalue weighted by Gasteiger charge is -2.21. The Hall–Kier alpha value is -0.820. The molecule has 0 heterocycles. The fourth-order valence-corrected chi connectivity index (χ4v) is 2.73. The number of nitrogens with one attached hydrogen (secondary N) is 1. The van der Waals surface area contributed by atoms with Gasteiger partial charge >= 0.3 is 0 Å². The largest absolute Gasteiger partial charge is 0.307 e. The predicted octanol–water partition coefficient (Wildman–Crippen LogP) is 3.76. The van der Waals surface area contributed by atoms with Gasteiger partial charge in [0.2, 0.25) is 0 Å². The Morgan fingerprint density at radius 3 is 2.75 bits per heavy atom. The first kappa shape index (κ1) is 11.7. The fraction of sp³-hybridized carbons (Fsp3) is 0.600. The van der Waals surface area contributed by atoms with Crippen LogP contribution in [0, 0.1) is 6.92 Å². The molecule has 0 radical (unpaired) electrons. The number of rotatable bonds is 4. The summed E-state index contributed by atoms with van der Waals surface area (Å²) in [5.41, 5.74) is 4.49. The van der Waals surface area contributed by atoms with Crippen molar-refractivity contribution in [2.75, 3.05) is 0 Å². The van der Waals surface area contributed by atoms with Crippen molar-refractivity contribution in [2.24, 2.45) is 0 Å². The van der Waals surface area contributed by atoms with E-state index in [-0.39, 0.29) is 0 Å². The maximum absolute atomic E-state index is 3.79. The van der Waals surface area contributed by atoms with Gasteiger partial charge in [0.05, 0.1) is 0 Å². The average Bonchev–Trinajstić information content (AvgIpc) is 2.68. The van der Waals surface area contributed by atoms with Crippen LogP contribution in [-0.4, -0.2) is 6.04 Å². The molecule has 1 atom stereocenters. The molecular weight excluding hydrogens is 194 g/mol. The van der Waals surface area contributed by atoms with Crippen LogP contribution in [0.2, 0.25) is 0 Å². The minimum Gasteiger partial charge on any atom is -0.307 e. The lowest BCUT2D eigenvalue weighted by atomic mass is 10.0. The Labute approximate surface area is 99.3 Å². The van der Waals surface area contributed by atoms with Gasteiger partial charge in [-0.2, -0.15) is 0 Å². The zero-order valence-electron chi connectivity index (χ0n) is 10.7. The predicted molar refractivity (Wildman–Crippen MR) is 69.7 cm³/mol. The third kappa shape index (κ3) is 2.30. The summed E-state index contributed by atoms with van der Waals surface area (Å²) in [6.07, 6.45) is 4.98. The molecule has 0 saturated carbocycles. The summed E-state index contributed by atoms with van der Waals surface area (Å²) < 4.78 is 0. The van der Waals surface area contributed by atoms with E-state index in [1.807, 2.05) is 0 Å². The summed E-state index contributed by atoms with van der Waals surface area (Å²) in [4.78, 5) is 0. The third-order valence-electron chi connectivity index (χ3n) is 3.80. The Balaban J connectivity index is 2.11. The quantitative estimate of drug-likeness (QED) is 0.809. The van der Waals surface area contributed by atoms with Crippen molar-refractivity contribution in [1.82, 2.24) is 5.32 Å². The van der Waals surface area contributed by atoms with Crippen LogP contribution >= 0.6 is 0 Å². The zero-order valence-corrected chi connectivity index (χ0v) is 10.7. The minimum absolute atomic E-state index is 0.598. The molecule has 1 aromatic rings. The van der Waals surface area contributed by atoms with Crippen molar-refractivity contribution in [3.63, 3.8) is 0 Å². The SMILES string of the molecule is CCC(CC)NC1CCc2cc(C)ccc21. The van der Waals surface area contributed by atoms with E-state index in [1.54, 1.807) is 5.56 Å². The smallest absolute Gasteiger partial charge is 0.0328 e. The van der Waals surface area contributed by atoms with Gasteiger partial charge in [-0.3, -0.25) is 0 Å². The lowest BCUT2D eigenvalue weighted by molar-refractivity contribution is 0.413. The zero-order chi connectivity index (χ0) is 11.5. The second-order valence-corrected chi connectivity index (χ2v) is 4.97. The van der Waals surface area contributed by atoms with Crippen molar-refractivity contribution >= 4 is 0 Å². The fourth-order valence-electron chi connectivity index (χ4n) is 2.73. The molecule has 1 nitrogen and oxygen atoms in total. The Kier molecular flexibility index (Phi) is 3.65. The van der Waals surface area contributed by atoms with E-state index >= 15 is 0 Å². The number of hydrogen-bond acceptors (Lipinski definition) is 1. The van der Waals surface area contributed by atoms with Crippen molar-refractivity contribution in [2.45, 2.75) is 58.5 Å². The van der Waals surface area contributed by atoms with E-state index in [1.165, 1.54) is 36.8 Å². The summed E-state index contributed by atoms with van der Waals surface area (Å²) in [5, 5.41) is 3.79. The maximum Gasteiger partial charge on any atom is 0.0328 e. The summed E-state index contributed by atoms with van der Waals surface area (Å²) >= 11 is 0. The minimum atomic E-state index is 0.598. The average molecular weight is 217 g/mol. The Bertz CT molecular complexity index is 352. The molecule has 2 rings (SSSR count). The van der Waals surface area contributed by atoms with Gasteiger partial charge in [0.15, 0.2) is 0 Å². The van der Waals surface area contributed by atoms with Crippen LogP contribution in [0.25, 0.3) is 0 Å². The van der Waals surface area contributed by atoms with E-state index in [2.05, 4.69) is 44.3 Å². The Morgan fingerprint density at radius 2 is 2.06 bits per heavy atom. The van der Waals surface area contributed by atoms with Crippen LogP contribution in [-0.2, 0) is 6.42 Å². The van der Waals surface area contributed by atoms with Crippen LogP contribution in [0.3, 0.4) is 0 Å². The standard InChI is InChI=1S/C15H23N/c1-4-13(5-2)16-15-9-7-12-10-11(3)6-8-14(12)15/h6,8,10,13,15-16H,4-5,7,9H2,1-3H3.